The standard InChI is InChI=1S/C23H23FN4O2/c24-18-8-4-6-16(12-18)20-13-26-23(25)27-22(20)17-7-5-11-28(14-17)21(29)15-30-19-9-2-1-3-10-19/h1-4,6,8-10,12-13,17H,5,7,11,14-15H2,(H2,25,26,27)/t17-/m0/s1. The summed E-state index contributed by atoms with van der Waals surface area (Å²) >= 11 is 0. The van der Waals surface area contributed by atoms with Crippen molar-refractivity contribution in [1.29, 1.82) is 0 Å². The number of ether oxygens (including phenoxy) is 1. The number of rotatable bonds is 5. The molecule has 3 aromatic rings. The van der Waals surface area contributed by atoms with E-state index in [-0.39, 0.29) is 30.2 Å². The number of aromatic nitrogens is 2. The fourth-order valence-electron chi connectivity index (χ4n) is 3.78. The lowest BCUT2D eigenvalue weighted by atomic mass is 9.90. The van der Waals surface area contributed by atoms with Gasteiger partial charge in [-0.2, -0.15) is 0 Å². The zero-order valence-electron chi connectivity index (χ0n) is 16.5. The maximum atomic E-state index is 13.8. The van der Waals surface area contributed by atoms with Gasteiger partial charge in [0, 0.05) is 30.8 Å². The molecule has 4 rings (SSSR count). The molecule has 0 saturated carbocycles. The Morgan fingerprint density at radius 2 is 2.03 bits per heavy atom. The molecule has 1 aliphatic rings. The van der Waals surface area contributed by atoms with Gasteiger partial charge in [0.15, 0.2) is 6.61 Å². The van der Waals surface area contributed by atoms with Crippen LogP contribution in [0.4, 0.5) is 10.3 Å². The fourth-order valence-corrected chi connectivity index (χ4v) is 3.78. The number of carbonyl (C=O) groups is 1. The summed E-state index contributed by atoms with van der Waals surface area (Å²) in [6.07, 6.45) is 3.34. The normalized spacial score (nSPS) is 16.3. The molecule has 0 radical (unpaired) electrons. The lowest BCUT2D eigenvalue weighted by molar-refractivity contribution is -0.134. The predicted molar refractivity (Wildman–Crippen MR) is 112 cm³/mol. The molecule has 6 nitrogen and oxygen atoms in total. The summed E-state index contributed by atoms with van der Waals surface area (Å²) < 4.78 is 19.4. The van der Waals surface area contributed by atoms with Crippen LogP contribution < -0.4 is 10.5 Å². The molecule has 154 valence electrons. The molecule has 1 saturated heterocycles. The topological polar surface area (TPSA) is 81.3 Å². The minimum absolute atomic E-state index is 0.0111. The number of para-hydroxylation sites is 1. The molecule has 1 amide bonds. The van der Waals surface area contributed by atoms with Crippen LogP contribution >= 0.6 is 0 Å². The van der Waals surface area contributed by atoms with Crippen LogP contribution in [0, 0.1) is 5.82 Å². The van der Waals surface area contributed by atoms with Crippen LogP contribution in [0.1, 0.15) is 24.5 Å². The van der Waals surface area contributed by atoms with Crippen molar-refractivity contribution in [3.8, 4) is 16.9 Å². The molecule has 0 unspecified atom stereocenters. The Bertz CT molecular complexity index is 1030. The summed E-state index contributed by atoms with van der Waals surface area (Å²) in [6.45, 7) is 1.17. The van der Waals surface area contributed by atoms with Gasteiger partial charge < -0.3 is 15.4 Å². The summed E-state index contributed by atoms with van der Waals surface area (Å²) in [6, 6.07) is 15.6. The smallest absolute Gasteiger partial charge is 0.260 e. The summed E-state index contributed by atoms with van der Waals surface area (Å²) in [5.74, 6) is 0.423. The lowest BCUT2D eigenvalue weighted by Crippen LogP contribution is -2.41. The fraction of sp³-hybridized carbons (Fsp3) is 0.261. The minimum Gasteiger partial charge on any atom is -0.484 e. The quantitative estimate of drug-likeness (QED) is 0.700. The van der Waals surface area contributed by atoms with E-state index in [1.807, 2.05) is 36.4 Å². The van der Waals surface area contributed by atoms with E-state index in [2.05, 4.69) is 9.97 Å². The first kappa shape index (κ1) is 19.8. The van der Waals surface area contributed by atoms with Crippen LogP contribution in [0.15, 0.2) is 60.8 Å². The number of piperidine rings is 1. The number of nitrogens with zero attached hydrogens (tertiary/aromatic N) is 3. The van der Waals surface area contributed by atoms with Crippen molar-refractivity contribution in [2.75, 3.05) is 25.4 Å². The van der Waals surface area contributed by atoms with Gasteiger partial charge in [-0.3, -0.25) is 4.79 Å². The third-order valence-corrected chi connectivity index (χ3v) is 5.24. The molecule has 0 bridgehead atoms. The lowest BCUT2D eigenvalue weighted by Gasteiger charge is -2.33. The molecule has 2 aromatic carbocycles. The van der Waals surface area contributed by atoms with E-state index in [4.69, 9.17) is 10.5 Å². The highest BCUT2D eigenvalue weighted by Gasteiger charge is 2.28. The van der Waals surface area contributed by atoms with E-state index in [0.29, 0.717) is 24.4 Å². The first-order valence-electron chi connectivity index (χ1n) is 9.94. The van der Waals surface area contributed by atoms with Crippen molar-refractivity contribution < 1.29 is 13.9 Å². The van der Waals surface area contributed by atoms with E-state index in [9.17, 15) is 9.18 Å². The van der Waals surface area contributed by atoms with Crippen molar-refractivity contribution >= 4 is 11.9 Å². The number of amides is 1. The second kappa shape index (κ2) is 8.90. The van der Waals surface area contributed by atoms with E-state index in [1.54, 1.807) is 17.2 Å². The van der Waals surface area contributed by atoms with Crippen molar-refractivity contribution in [2.24, 2.45) is 0 Å². The number of nitrogen functional groups attached to an aromatic ring is 1. The number of anilines is 1. The Kier molecular flexibility index (Phi) is 5.88. The van der Waals surface area contributed by atoms with E-state index in [0.717, 1.165) is 24.1 Å². The first-order chi connectivity index (χ1) is 14.6. The second-order valence-electron chi connectivity index (χ2n) is 7.32. The van der Waals surface area contributed by atoms with Gasteiger partial charge in [-0.1, -0.05) is 30.3 Å². The van der Waals surface area contributed by atoms with Crippen LogP contribution in [0.5, 0.6) is 5.75 Å². The van der Waals surface area contributed by atoms with Crippen molar-refractivity contribution in [3.63, 3.8) is 0 Å². The van der Waals surface area contributed by atoms with Gasteiger partial charge in [0.2, 0.25) is 5.95 Å². The predicted octanol–water partition coefficient (Wildman–Crippen LogP) is 3.65. The van der Waals surface area contributed by atoms with Gasteiger partial charge in [0.1, 0.15) is 11.6 Å². The Balaban J connectivity index is 1.52. The summed E-state index contributed by atoms with van der Waals surface area (Å²) in [5.41, 5.74) is 8.03. The maximum Gasteiger partial charge on any atom is 0.260 e. The third kappa shape index (κ3) is 4.56. The largest absolute Gasteiger partial charge is 0.484 e. The molecule has 30 heavy (non-hydrogen) atoms. The van der Waals surface area contributed by atoms with Crippen molar-refractivity contribution in [1.82, 2.24) is 14.9 Å². The van der Waals surface area contributed by atoms with Gasteiger partial charge in [-0.15, -0.1) is 0 Å². The number of hydrogen-bond acceptors (Lipinski definition) is 5. The van der Waals surface area contributed by atoms with Gasteiger partial charge in [-0.05, 0) is 42.7 Å². The molecule has 1 aliphatic heterocycles. The summed E-state index contributed by atoms with van der Waals surface area (Å²) in [4.78, 5) is 23.1. The minimum atomic E-state index is -0.325. The van der Waals surface area contributed by atoms with Crippen LogP contribution in [0.3, 0.4) is 0 Å². The third-order valence-electron chi connectivity index (χ3n) is 5.24. The molecular formula is C23H23FN4O2. The first-order valence-corrected chi connectivity index (χ1v) is 9.94. The highest BCUT2D eigenvalue weighted by Crippen LogP contribution is 2.33. The zero-order valence-corrected chi connectivity index (χ0v) is 16.5. The Hall–Kier alpha value is -3.48. The van der Waals surface area contributed by atoms with E-state index >= 15 is 0 Å². The van der Waals surface area contributed by atoms with Crippen LogP contribution in [0.2, 0.25) is 0 Å². The molecule has 1 atom stereocenters. The second-order valence-corrected chi connectivity index (χ2v) is 7.32. The van der Waals surface area contributed by atoms with Crippen LogP contribution in [-0.2, 0) is 4.79 Å². The molecular weight excluding hydrogens is 383 g/mol. The van der Waals surface area contributed by atoms with Crippen molar-refractivity contribution in [3.05, 3.63) is 72.3 Å². The number of benzene rings is 2. The monoisotopic (exact) mass is 406 g/mol. The molecule has 1 aromatic heterocycles. The summed E-state index contributed by atoms with van der Waals surface area (Å²) in [5, 5.41) is 0. The highest BCUT2D eigenvalue weighted by atomic mass is 19.1. The van der Waals surface area contributed by atoms with Gasteiger partial charge in [-0.25, -0.2) is 14.4 Å². The molecule has 7 heteroatoms. The average molecular weight is 406 g/mol. The average Bonchev–Trinajstić information content (AvgIpc) is 2.78. The van der Waals surface area contributed by atoms with Crippen LogP contribution in [-0.4, -0.2) is 40.5 Å². The van der Waals surface area contributed by atoms with E-state index in [1.165, 1.54) is 12.1 Å². The molecule has 2 N–H and O–H groups in total. The van der Waals surface area contributed by atoms with Crippen LogP contribution in [0.25, 0.3) is 11.1 Å². The van der Waals surface area contributed by atoms with E-state index < -0.39 is 0 Å². The Morgan fingerprint density at radius 3 is 2.83 bits per heavy atom. The number of hydrogen-bond donors (Lipinski definition) is 1. The molecule has 0 aliphatic carbocycles. The maximum absolute atomic E-state index is 13.8. The zero-order chi connectivity index (χ0) is 20.9. The van der Waals surface area contributed by atoms with Crippen molar-refractivity contribution in [2.45, 2.75) is 18.8 Å². The molecule has 0 spiro atoms. The van der Waals surface area contributed by atoms with Gasteiger partial charge in [0.05, 0.1) is 5.69 Å². The van der Waals surface area contributed by atoms with Gasteiger partial charge >= 0.3 is 0 Å². The Labute approximate surface area is 174 Å². The SMILES string of the molecule is Nc1ncc(-c2cccc(F)c2)c([C@H]2CCCN(C(=O)COc3ccccc3)C2)n1. The summed E-state index contributed by atoms with van der Waals surface area (Å²) in [7, 11) is 0. The number of carbonyl (C=O) groups excluding carboxylic acids is 1. The number of nitrogens with two attached hydrogens (primary N) is 1. The molecule has 2 heterocycles. The van der Waals surface area contributed by atoms with Gasteiger partial charge in [0.25, 0.3) is 5.91 Å². The number of likely N-dealkylation sites (tertiary alicyclic amines) is 1. The number of halogens is 1. The highest BCUT2D eigenvalue weighted by molar-refractivity contribution is 5.78. The Morgan fingerprint density at radius 1 is 1.20 bits per heavy atom. The molecule has 1 fully saturated rings.